The monoisotopic (exact) mass is 287 g/mol. The number of aromatic nitrogens is 1. The zero-order valence-corrected chi connectivity index (χ0v) is 12.3. The first-order valence-electron chi connectivity index (χ1n) is 6.17. The van der Waals surface area contributed by atoms with E-state index < -0.39 is 0 Å². The Kier molecular flexibility index (Phi) is 4.17. The molecular weight excluding hydrogens is 269 g/mol. The lowest BCUT2D eigenvalue weighted by atomic mass is 9.79. The van der Waals surface area contributed by atoms with Gasteiger partial charge in [-0.25, -0.2) is 4.98 Å². The van der Waals surface area contributed by atoms with E-state index in [0.717, 1.165) is 31.7 Å². The number of hydrogen-bond acceptors (Lipinski definition) is 3. The highest BCUT2D eigenvalue weighted by Crippen LogP contribution is 2.29. The Labute approximate surface area is 118 Å². The molecule has 1 aliphatic heterocycles. The highest BCUT2D eigenvalue weighted by Gasteiger charge is 2.33. The lowest BCUT2D eigenvalue weighted by Crippen LogP contribution is -2.52. The third-order valence-electron chi connectivity index (χ3n) is 3.65. The van der Waals surface area contributed by atoms with Gasteiger partial charge in [-0.2, -0.15) is 0 Å². The molecule has 0 aliphatic carbocycles. The van der Waals surface area contributed by atoms with Crippen molar-refractivity contribution in [2.45, 2.75) is 32.9 Å². The number of nitrogens with zero attached hydrogens (tertiary/aromatic N) is 2. The van der Waals surface area contributed by atoms with E-state index in [1.807, 2.05) is 0 Å². The number of nitrogens with two attached hydrogens (primary N) is 1. The summed E-state index contributed by atoms with van der Waals surface area (Å²) in [5.41, 5.74) is 7.10. The van der Waals surface area contributed by atoms with Crippen LogP contribution in [0.25, 0.3) is 0 Å². The molecule has 0 spiro atoms. The van der Waals surface area contributed by atoms with Gasteiger partial charge in [-0.15, -0.1) is 0 Å². The molecule has 1 fully saturated rings. The van der Waals surface area contributed by atoms with Gasteiger partial charge in [-0.3, -0.25) is 4.90 Å². The molecule has 100 valence electrons. The maximum absolute atomic E-state index is 6.14. The van der Waals surface area contributed by atoms with E-state index in [9.17, 15) is 0 Å². The van der Waals surface area contributed by atoms with Crippen molar-refractivity contribution in [3.8, 4) is 0 Å². The number of halogens is 2. The second-order valence-corrected chi connectivity index (χ2v) is 6.45. The number of hydrogen-bond donors (Lipinski definition) is 1. The summed E-state index contributed by atoms with van der Waals surface area (Å²) in [6.07, 6.45) is 1.01. The maximum atomic E-state index is 6.14. The lowest BCUT2D eigenvalue weighted by molar-refractivity contribution is 0.0889. The Morgan fingerprint density at radius 3 is 2.83 bits per heavy atom. The van der Waals surface area contributed by atoms with Crippen LogP contribution in [0.15, 0.2) is 12.1 Å². The SMILES string of the molecule is CC1(C)CN(Cc2nc(Cl)ccc2Cl)CCC1N. The van der Waals surface area contributed by atoms with Gasteiger partial charge < -0.3 is 5.73 Å². The molecule has 3 nitrogen and oxygen atoms in total. The molecule has 0 amide bonds. The van der Waals surface area contributed by atoms with E-state index in [0.29, 0.717) is 10.2 Å². The average Bonchev–Trinajstić information content (AvgIpc) is 2.28. The number of rotatable bonds is 2. The predicted molar refractivity (Wildman–Crippen MR) is 75.9 cm³/mol. The van der Waals surface area contributed by atoms with Crippen molar-refractivity contribution in [3.63, 3.8) is 0 Å². The van der Waals surface area contributed by atoms with Crippen molar-refractivity contribution in [3.05, 3.63) is 28.0 Å². The Morgan fingerprint density at radius 1 is 1.44 bits per heavy atom. The van der Waals surface area contributed by atoms with Crippen LogP contribution in [0.4, 0.5) is 0 Å². The molecule has 1 unspecified atom stereocenters. The minimum atomic E-state index is 0.128. The number of pyridine rings is 1. The van der Waals surface area contributed by atoms with Crippen LogP contribution >= 0.6 is 23.2 Å². The van der Waals surface area contributed by atoms with Crippen LogP contribution in [-0.2, 0) is 6.54 Å². The number of likely N-dealkylation sites (tertiary alicyclic amines) is 1. The van der Waals surface area contributed by atoms with Gasteiger partial charge in [0.25, 0.3) is 0 Å². The Morgan fingerprint density at radius 2 is 2.17 bits per heavy atom. The van der Waals surface area contributed by atoms with Crippen LogP contribution in [0.5, 0.6) is 0 Å². The van der Waals surface area contributed by atoms with Gasteiger partial charge in [-0.1, -0.05) is 37.0 Å². The van der Waals surface area contributed by atoms with Gasteiger partial charge in [0.2, 0.25) is 0 Å². The third-order valence-corrected chi connectivity index (χ3v) is 4.20. The first-order chi connectivity index (χ1) is 8.38. The molecule has 1 aromatic rings. The van der Waals surface area contributed by atoms with E-state index in [1.165, 1.54) is 0 Å². The Bertz CT molecular complexity index is 434. The molecule has 0 bridgehead atoms. The zero-order valence-electron chi connectivity index (χ0n) is 10.8. The van der Waals surface area contributed by atoms with Gasteiger partial charge in [0.15, 0.2) is 0 Å². The van der Waals surface area contributed by atoms with Crippen LogP contribution in [0.1, 0.15) is 26.0 Å². The molecule has 1 saturated heterocycles. The van der Waals surface area contributed by atoms with Crippen LogP contribution in [0, 0.1) is 5.41 Å². The Hall–Kier alpha value is -0.350. The molecule has 18 heavy (non-hydrogen) atoms. The van der Waals surface area contributed by atoms with Crippen molar-refractivity contribution in [1.29, 1.82) is 0 Å². The van der Waals surface area contributed by atoms with E-state index >= 15 is 0 Å². The standard InChI is InChI=1S/C13H19Cl2N3/c1-13(2)8-18(6-5-11(13)16)7-10-9(14)3-4-12(15)17-10/h3-4,11H,5-8,16H2,1-2H3. The van der Waals surface area contributed by atoms with Crippen LogP contribution in [-0.4, -0.2) is 29.0 Å². The molecule has 0 aromatic carbocycles. The molecule has 2 heterocycles. The maximum Gasteiger partial charge on any atom is 0.129 e. The smallest absolute Gasteiger partial charge is 0.129 e. The summed E-state index contributed by atoms with van der Waals surface area (Å²) >= 11 is 12.0. The summed E-state index contributed by atoms with van der Waals surface area (Å²) in [5.74, 6) is 0. The van der Waals surface area contributed by atoms with Gasteiger partial charge in [0.1, 0.15) is 5.15 Å². The molecule has 5 heteroatoms. The fourth-order valence-corrected chi connectivity index (χ4v) is 2.73. The van der Waals surface area contributed by atoms with Gasteiger partial charge in [-0.05, 0) is 24.0 Å². The van der Waals surface area contributed by atoms with E-state index in [1.54, 1.807) is 12.1 Å². The van der Waals surface area contributed by atoms with E-state index in [-0.39, 0.29) is 11.5 Å². The fraction of sp³-hybridized carbons (Fsp3) is 0.615. The minimum Gasteiger partial charge on any atom is -0.327 e. The molecule has 1 aromatic heterocycles. The molecule has 0 saturated carbocycles. The minimum absolute atomic E-state index is 0.128. The first kappa shape index (κ1) is 14.1. The second kappa shape index (κ2) is 5.33. The normalized spacial score (nSPS) is 24.2. The van der Waals surface area contributed by atoms with Crippen molar-refractivity contribution in [1.82, 2.24) is 9.88 Å². The summed E-state index contributed by atoms with van der Waals surface area (Å²) < 4.78 is 0. The predicted octanol–water partition coefficient (Wildman–Crippen LogP) is 2.95. The highest BCUT2D eigenvalue weighted by atomic mass is 35.5. The van der Waals surface area contributed by atoms with Crippen molar-refractivity contribution in [2.24, 2.45) is 11.1 Å². The molecule has 1 aliphatic rings. The van der Waals surface area contributed by atoms with Crippen molar-refractivity contribution < 1.29 is 0 Å². The fourth-order valence-electron chi connectivity index (χ4n) is 2.40. The van der Waals surface area contributed by atoms with Crippen LogP contribution in [0.2, 0.25) is 10.2 Å². The van der Waals surface area contributed by atoms with Crippen molar-refractivity contribution >= 4 is 23.2 Å². The molecular formula is C13H19Cl2N3. The topological polar surface area (TPSA) is 42.2 Å². The summed E-state index contributed by atoms with van der Waals surface area (Å²) in [6, 6.07) is 3.77. The van der Waals surface area contributed by atoms with Gasteiger partial charge >= 0.3 is 0 Å². The van der Waals surface area contributed by atoms with E-state index in [4.69, 9.17) is 28.9 Å². The molecule has 1 atom stereocenters. The highest BCUT2D eigenvalue weighted by molar-refractivity contribution is 6.32. The molecule has 0 radical (unpaired) electrons. The summed E-state index contributed by atoms with van der Waals surface area (Å²) in [7, 11) is 0. The second-order valence-electron chi connectivity index (χ2n) is 5.66. The third kappa shape index (κ3) is 3.15. The summed E-state index contributed by atoms with van der Waals surface area (Å²) in [5, 5.41) is 1.16. The largest absolute Gasteiger partial charge is 0.327 e. The zero-order chi connectivity index (χ0) is 13.3. The van der Waals surface area contributed by atoms with Crippen molar-refractivity contribution in [2.75, 3.05) is 13.1 Å². The van der Waals surface area contributed by atoms with E-state index in [2.05, 4.69) is 23.7 Å². The lowest BCUT2D eigenvalue weighted by Gasteiger charge is -2.42. The van der Waals surface area contributed by atoms with Crippen LogP contribution in [0.3, 0.4) is 0 Å². The summed E-state index contributed by atoms with van der Waals surface area (Å²) in [4.78, 5) is 6.64. The van der Waals surface area contributed by atoms with Gasteiger partial charge in [0, 0.05) is 25.7 Å². The Balaban J connectivity index is 2.08. The first-order valence-corrected chi connectivity index (χ1v) is 6.93. The van der Waals surface area contributed by atoms with Crippen LogP contribution < -0.4 is 5.73 Å². The quantitative estimate of drug-likeness (QED) is 0.851. The molecule has 2 N–H and O–H groups in total. The molecule has 2 rings (SSSR count). The summed E-state index contributed by atoms with van der Waals surface area (Å²) in [6.45, 7) is 7.08. The van der Waals surface area contributed by atoms with Gasteiger partial charge in [0.05, 0.1) is 10.7 Å². The average molecular weight is 288 g/mol. The number of piperidine rings is 1.